The average molecular weight is 250 g/mol. The lowest BCUT2D eigenvalue weighted by atomic mass is 10.2. The summed E-state index contributed by atoms with van der Waals surface area (Å²) in [4.78, 5) is 22.4. The Hall–Kier alpha value is -2.04. The molecule has 0 saturated heterocycles. The minimum absolute atomic E-state index is 0.267. The van der Waals surface area contributed by atoms with Crippen LogP contribution in [0.3, 0.4) is 0 Å². The van der Waals surface area contributed by atoms with Crippen molar-refractivity contribution in [3.63, 3.8) is 0 Å². The van der Waals surface area contributed by atoms with Gasteiger partial charge in [-0.2, -0.15) is 0 Å². The number of carbonyl (C=O) groups excluding carboxylic acids is 2. The quantitative estimate of drug-likeness (QED) is 0.621. The molecular weight excluding hydrogens is 232 g/mol. The van der Waals surface area contributed by atoms with Crippen LogP contribution in [0.4, 0.5) is 10.5 Å². The predicted molar refractivity (Wildman–Crippen MR) is 69.5 cm³/mol. The van der Waals surface area contributed by atoms with Crippen LogP contribution in [0, 0.1) is 6.92 Å². The molecule has 0 spiro atoms. The van der Waals surface area contributed by atoms with Gasteiger partial charge in [0.2, 0.25) is 0 Å². The minimum Gasteiger partial charge on any atom is -0.469 e. The number of carbonyl (C=O) groups is 2. The summed E-state index contributed by atoms with van der Waals surface area (Å²) in [7, 11) is 1.35. The van der Waals surface area contributed by atoms with Crippen molar-refractivity contribution < 1.29 is 14.3 Å². The van der Waals surface area contributed by atoms with Crippen LogP contribution in [0.15, 0.2) is 24.3 Å². The summed E-state index contributed by atoms with van der Waals surface area (Å²) in [5, 5.41) is 5.43. The van der Waals surface area contributed by atoms with Crippen molar-refractivity contribution >= 4 is 17.7 Å². The molecule has 0 aliphatic heterocycles. The molecule has 0 atom stereocenters. The Bertz CT molecular complexity index is 418. The maximum Gasteiger partial charge on any atom is 0.319 e. The molecule has 0 unspecified atom stereocenters. The maximum atomic E-state index is 11.5. The van der Waals surface area contributed by atoms with Crippen LogP contribution >= 0.6 is 0 Å². The molecule has 0 radical (unpaired) electrons. The SMILES string of the molecule is COC(=O)CCCNC(=O)Nc1ccccc1C. The van der Waals surface area contributed by atoms with E-state index in [4.69, 9.17) is 0 Å². The van der Waals surface area contributed by atoms with Crippen molar-refractivity contribution in [3.8, 4) is 0 Å². The minimum atomic E-state index is -0.269. The first kappa shape index (κ1) is 14.0. The van der Waals surface area contributed by atoms with Crippen LogP contribution in [0.25, 0.3) is 0 Å². The number of ether oxygens (including phenoxy) is 1. The first-order valence-electron chi connectivity index (χ1n) is 5.81. The summed E-state index contributed by atoms with van der Waals surface area (Å²) in [5.74, 6) is -0.267. The second-order valence-electron chi connectivity index (χ2n) is 3.88. The zero-order valence-corrected chi connectivity index (χ0v) is 10.7. The summed E-state index contributed by atoms with van der Waals surface area (Å²) >= 11 is 0. The molecule has 2 amide bonds. The Morgan fingerprint density at radius 1 is 1.28 bits per heavy atom. The monoisotopic (exact) mass is 250 g/mol. The second kappa shape index (κ2) is 7.32. The number of hydrogen-bond acceptors (Lipinski definition) is 3. The number of urea groups is 1. The number of anilines is 1. The lowest BCUT2D eigenvalue weighted by Gasteiger charge is -2.09. The summed E-state index contributed by atoms with van der Waals surface area (Å²) < 4.78 is 4.50. The number of para-hydroxylation sites is 1. The first-order chi connectivity index (χ1) is 8.63. The number of rotatable bonds is 5. The highest BCUT2D eigenvalue weighted by Gasteiger charge is 2.04. The molecule has 0 aliphatic rings. The van der Waals surface area contributed by atoms with E-state index in [1.165, 1.54) is 7.11 Å². The van der Waals surface area contributed by atoms with Gasteiger partial charge in [-0.15, -0.1) is 0 Å². The van der Waals surface area contributed by atoms with Gasteiger partial charge in [-0.3, -0.25) is 4.79 Å². The number of esters is 1. The van der Waals surface area contributed by atoms with E-state index in [9.17, 15) is 9.59 Å². The van der Waals surface area contributed by atoms with Gasteiger partial charge in [0.05, 0.1) is 7.11 Å². The van der Waals surface area contributed by atoms with Crippen molar-refractivity contribution in [2.75, 3.05) is 19.0 Å². The van der Waals surface area contributed by atoms with Crippen LogP contribution in [0.5, 0.6) is 0 Å². The van der Waals surface area contributed by atoms with E-state index < -0.39 is 0 Å². The summed E-state index contributed by atoms with van der Waals surface area (Å²) in [5.41, 5.74) is 1.78. The Morgan fingerprint density at radius 2 is 2.00 bits per heavy atom. The Balaban J connectivity index is 2.26. The van der Waals surface area contributed by atoms with Gasteiger partial charge in [-0.25, -0.2) is 4.79 Å². The topological polar surface area (TPSA) is 67.4 Å². The lowest BCUT2D eigenvalue weighted by Crippen LogP contribution is -2.30. The van der Waals surface area contributed by atoms with E-state index in [1.807, 2.05) is 31.2 Å². The van der Waals surface area contributed by atoms with Crippen LogP contribution in [-0.2, 0) is 9.53 Å². The molecule has 0 fully saturated rings. The van der Waals surface area contributed by atoms with E-state index in [0.717, 1.165) is 11.3 Å². The van der Waals surface area contributed by atoms with Crippen molar-refractivity contribution in [2.45, 2.75) is 19.8 Å². The van der Waals surface area contributed by atoms with Crippen molar-refractivity contribution in [2.24, 2.45) is 0 Å². The normalized spacial score (nSPS) is 9.67. The van der Waals surface area contributed by atoms with Crippen LogP contribution in [0.2, 0.25) is 0 Å². The number of benzene rings is 1. The highest BCUT2D eigenvalue weighted by molar-refractivity contribution is 5.89. The van der Waals surface area contributed by atoms with Crippen molar-refractivity contribution in [1.82, 2.24) is 5.32 Å². The van der Waals surface area contributed by atoms with Gasteiger partial charge in [0.1, 0.15) is 0 Å². The number of nitrogens with one attached hydrogen (secondary N) is 2. The van der Waals surface area contributed by atoms with Crippen molar-refractivity contribution in [1.29, 1.82) is 0 Å². The molecule has 0 aliphatic carbocycles. The Morgan fingerprint density at radius 3 is 2.67 bits per heavy atom. The highest BCUT2D eigenvalue weighted by atomic mass is 16.5. The molecule has 0 saturated carbocycles. The van der Waals surface area contributed by atoms with Gasteiger partial charge in [0.15, 0.2) is 0 Å². The molecule has 98 valence electrons. The lowest BCUT2D eigenvalue weighted by molar-refractivity contribution is -0.140. The largest absolute Gasteiger partial charge is 0.469 e. The number of hydrogen-bond donors (Lipinski definition) is 2. The third-order valence-electron chi connectivity index (χ3n) is 2.46. The Labute approximate surface area is 107 Å². The smallest absolute Gasteiger partial charge is 0.319 e. The Kier molecular flexibility index (Phi) is 5.70. The van der Waals surface area contributed by atoms with Crippen LogP contribution in [0.1, 0.15) is 18.4 Å². The van der Waals surface area contributed by atoms with Gasteiger partial charge in [-0.05, 0) is 25.0 Å². The van der Waals surface area contributed by atoms with E-state index in [1.54, 1.807) is 0 Å². The fraction of sp³-hybridized carbons (Fsp3) is 0.385. The molecule has 2 N–H and O–H groups in total. The van der Waals surface area contributed by atoms with E-state index >= 15 is 0 Å². The first-order valence-corrected chi connectivity index (χ1v) is 5.81. The third kappa shape index (κ3) is 4.86. The van der Waals surface area contributed by atoms with Gasteiger partial charge >= 0.3 is 12.0 Å². The standard InChI is InChI=1S/C13H18N2O3/c1-10-6-3-4-7-11(10)15-13(17)14-9-5-8-12(16)18-2/h3-4,6-7H,5,8-9H2,1-2H3,(H2,14,15,17). The van der Waals surface area contributed by atoms with Gasteiger partial charge in [0.25, 0.3) is 0 Å². The van der Waals surface area contributed by atoms with Crippen LogP contribution in [-0.4, -0.2) is 25.7 Å². The van der Waals surface area contributed by atoms with Gasteiger partial charge in [-0.1, -0.05) is 18.2 Å². The van der Waals surface area contributed by atoms with Gasteiger partial charge < -0.3 is 15.4 Å². The molecule has 5 heteroatoms. The molecule has 0 heterocycles. The van der Waals surface area contributed by atoms with E-state index in [0.29, 0.717) is 19.4 Å². The van der Waals surface area contributed by atoms with Crippen molar-refractivity contribution in [3.05, 3.63) is 29.8 Å². The number of amides is 2. The molecule has 1 aromatic rings. The van der Waals surface area contributed by atoms with E-state index in [-0.39, 0.29) is 12.0 Å². The molecule has 18 heavy (non-hydrogen) atoms. The molecule has 5 nitrogen and oxygen atoms in total. The summed E-state index contributed by atoms with van der Waals surface area (Å²) in [6.45, 7) is 2.36. The summed E-state index contributed by atoms with van der Waals surface area (Å²) in [6, 6.07) is 7.26. The zero-order valence-electron chi connectivity index (χ0n) is 10.7. The summed E-state index contributed by atoms with van der Waals surface area (Å²) in [6.07, 6.45) is 0.870. The number of methoxy groups -OCH3 is 1. The molecule has 1 rings (SSSR count). The second-order valence-corrected chi connectivity index (χ2v) is 3.88. The average Bonchev–Trinajstić information content (AvgIpc) is 2.37. The zero-order chi connectivity index (χ0) is 13.4. The fourth-order valence-corrected chi connectivity index (χ4v) is 1.42. The predicted octanol–water partition coefficient (Wildman–Crippen LogP) is 2.07. The fourth-order valence-electron chi connectivity index (χ4n) is 1.42. The number of aryl methyl sites for hydroxylation is 1. The molecule has 0 bridgehead atoms. The molecular formula is C13H18N2O3. The molecule has 0 aromatic heterocycles. The molecule has 1 aromatic carbocycles. The van der Waals surface area contributed by atoms with E-state index in [2.05, 4.69) is 15.4 Å². The highest BCUT2D eigenvalue weighted by Crippen LogP contribution is 2.12. The maximum absolute atomic E-state index is 11.5. The third-order valence-corrected chi connectivity index (χ3v) is 2.46. The van der Waals surface area contributed by atoms with Crippen LogP contribution < -0.4 is 10.6 Å². The van der Waals surface area contributed by atoms with Gasteiger partial charge in [0, 0.05) is 18.7 Å².